The molecule has 2 aliphatic rings. The van der Waals surface area contributed by atoms with Gasteiger partial charge in [-0.25, -0.2) is 9.79 Å². The maximum atomic E-state index is 11.7. The average molecular weight is 401 g/mol. The molecule has 1 unspecified atom stereocenters. The van der Waals surface area contributed by atoms with Crippen molar-refractivity contribution in [3.05, 3.63) is 60.8 Å². The Hall–Kier alpha value is -3.40. The Morgan fingerprint density at radius 1 is 1.32 bits per heavy atom. The molecule has 28 heavy (non-hydrogen) atoms. The first-order valence-corrected chi connectivity index (χ1v) is 10.1. The Balaban J connectivity index is 1.70. The predicted octanol–water partition coefficient (Wildman–Crippen LogP) is 1.15. The first-order chi connectivity index (χ1) is 13.3. The molecule has 10 heteroatoms. The molecule has 0 fully saturated rings. The summed E-state index contributed by atoms with van der Waals surface area (Å²) in [5, 5.41) is 8.49. The molecular formula is C18H19N5O4S. The van der Waals surface area contributed by atoms with Gasteiger partial charge in [0.1, 0.15) is 11.6 Å². The van der Waals surface area contributed by atoms with Crippen LogP contribution < -0.4 is 20.1 Å². The van der Waals surface area contributed by atoms with Crippen LogP contribution in [0.25, 0.3) is 5.70 Å². The number of amides is 2. The van der Waals surface area contributed by atoms with Crippen LogP contribution in [0.15, 0.2) is 65.3 Å². The zero-order valence-electron chi connectivity index (χ0n) is 15.0. The van der Waals surface area contributed by atoms with Crippen molar-refractivity contribution in [1.82, 2.24) is 16.0 Å². The van der Waals surface area contributed by atoms with Gasteiger partial charge in [0.2, 0.25) is 0 Å². The van der Waals surface area contributed by atoms with Gasteiger partial charge < -0.3 is 14.8 Å². The number of hydrogen-bond acceptors (Lipinski definition) is 7. The zero-order valence-corrected chi connectivity index (χ0v) is 15.9. The number of hydrogen-bond donors (Lipinski definition) is 3. The van der Waals surface area contributed by atoms with E-state index >= 15 is 0 Å². The van der Waals surface area contributed by atoms with Crippen LogP contribution in [0.1, 0.15) is 5.56 Å². The third-order valence-electron chi connectivity index (χ3n) is 3.66. The monoisotopic (exact) mass is 401 g/mol. The summed E-state index contributed by atoms with van der Waals surface area (Å²) in [6.45, 7) is 3.89. The molecule has 1 atom stereocenters. The van der Waals surface area contributed by atoms with Crippen LogP contribution in [0, 0.1) is 0 Å². The van der Waals surface area contributed by atoms with Crippen molar-refractivity contribution in [2.75, 3.05) is 12.8 Å². The van der Waals surface area contributed by atoms with Crippen molar-refractivity contribution < 1.29 is 17.4 Å². The quantitative estimate of drug-likeness (QED) is 0.505. The number of nitrogens with one attached hydrogen (secondary N) is 3. The number of urea groups is 1. The van der Waals surface area contributed by atoms with Gasteiger partial charge in [-0.2, -0.15) is 8.42 Å². The summed E-state index contributed by atoms with van der Waals surface area (Å²) in [7, 11) is -3.58. The molecule has 2 aliphatic heterocycles. The summed E-state index contributed by atoms with van der Waals surface area (Å²) < 4.78 is 27.2. The van der Waals surface area contributed by atoms with E-state index in [1.165, 1.54) is 0 Å². The van der Waals surface area contributed by atoms with E-state index in [0.717, 1.165) is 11.8 Å². The van der Waals surface area contributed by atoms with Gasteiger partial charge in [0.25, 0.3) is 0 Å². The minimum Gasteiger partial charge on any atom is -0.383 e. The molecule has 0 bridgehead atoms. The predicted molar refractivity (Wildman–Crippen MR) is 108 cm³/mol. The standard InChI is InChI=1S/C18H19N5O4S/c1-3-10-19-18(24)23-16-9-8-14-17(22-16)21-15(11-20-14)12-4-6-13(7-5-12)27-28(2,25)26/h3-9,11,17,21H,1,10H2,2H3,(H2,19,22,23,24). The van der Waals surface area contributed by atoms with E-state index in [9.17, 15) is 13.2 Å². The first-order valence-electron chi connectivity index (χ1n) is 8.30. The Morgan fingerprint density at radius 2 is 2.07 bits per heavy atom. The van der Waals surface area contributed by atoms with Gasteiger partial charge in [-0.1, -0.05) is 6.08 Å². The lowest BCUT2D eigenvalue weighted by molar-refractivity contribution is 0.246. The average Bonchev–Trinajstić information content (AvgIpc) is 2.65. The van der Waals surface area contributed by atoms with Crippen LogP contribution >= 0.6 is 0 Å². The van der Waals surface area contributed by atoms with Gasteiger partial charge in [0, 0.05) is 6.54 Å². The number of rotatable bonds is 5. The third-order valence-corrected chi connectivity index (χ3v) is 4.15. The normalized spacial score (nSPS) is 17.9. The van der Waals surface area contributed by atoms with Crippen LogP contribution in [0.2, 0.25) is 0 Å². The van der Waals surface area contributed by atoms with Crippen molar-refractivity contribution in [3.8, 4) is 5.75 Å². The largest absolute Gasteiger partial charge is 0.383 e. The second-order valence-corrected chi connectivity index (χ2v) is 7.50. The zero-order chi connectivity index (χ0) is 20.1. The smallest absolute Gasteiger partial charge is 0.320 e. The molecule has 146 valence electrons. The summed E-state index contributed by atoms with van der Waals surface area (Å²) in [5.74, 6) is 0.624. The van der Waals surface area contributed by atoms with Gasteiger partial charge in [-0.05, 0) is 42.0 Å². The highest BCUT2D eigenvalue weighted by atomic mass is 32.2. The van der Waals surface area contributed by atoms with Crippen molar-refractivity contribution in [2.45, 2.75) is 6.17 Å². The van der Waals surface area contributed by atoms with Gasteiger partial charge in [-0.15, -0.1) is 6.58 Å². The fourth-order valence-electron chi connectivity index (χ4n) is 2.47. The van der Waals surface area contributed by atoms with Crippen LogP contribution in [-0.2, 0) is 10.1 Å². The van der Waals surface area contributed by atoms with Crippen molar-refractivity contribution in [2.24, 2.45) is 9.98 Å². The molecule has 3 rings (SSSR count). The number of fused-ring (bicyclic) bond motifs is 1. The lowest BCUT2D eigenvalue weighted by atomic mass is 10.1. The van der Waals surface area contributed by atoms with E-state index in [2.05, 4.69) is 32.5 Å². The lowest BCUT2D eigenvalue weighted by Gasteiger charge is -2.25. The highest BCUT2D eigenvalue weighted by Crippen LogP contribution is 2.21. The van der Waals surface area contributed by atoms with Gasteiger partial charge in [0.15, 0.2) is 6.17 Å². The molecule has 9 nitrogen and oxygen atoms in total. The molecule has 2 heterocycles. The maximum Gasteiger partial charge on any atom is 0.320 e. The molecule has 1 aromatic rings. The van der Waals surface area contributed by atoms with E-state index in [-0.39, 0.29) is 11.8 Å². The molecule has 0 aromatic heterocycles. The van der Waals surface area contributed by atoms with E-state index in [4.69, 9.17) is 4.18 Å². The summed E-state index contributed by atoms with van der Waals surface area (Å²) >= 11 is 0. The van der Waals surface area contributed by atoms with Gasteiger partial charge in [0.05, 0.1) is 23.9 Å². The molecule has 3 N–H and O–H groups in total. The Bertz CT molecular complexity index is 1010. The molecule has 0 aliphatic carbocycles. The van der Waals surface area contributed by atoms with E-state index in [1.54, 1.807) is 48.7 Å². The Kier molecular flexibility index (Phi) is 5.59. The number of dihydropyridines is 1. The highest BCUT2D eigenvalue weighted by molar-refractivity contribution is 7.86. The molecule has 1 aromatic carbocycles. The molecule has 2 amide bonds. The fraction of sp³-hybridized carbons (Fsp3) is 0.167. The number of amidine groups is 1. The molecule has 0 spiro atoms. The Morgan fingerprint density at radius 3 is 2.75 bits per heavy atom. The summed E-state index contributed by atoms with van der Waals surface area (Å²) in [6, 6.07) is 6.16. The van der Waals surface area contributed by atoms with Crippen LogP contribution in [0.3, 0.4) is 0 Å². The summed E-state index contributed by atoms with van der Waals surface area (Å²) in [5.41, 5.74) is 2.19. The van der Waals surface area contributed by atoms with Crippen LogP contribution in [0.4, 0.5) is 4.79 Å². The molecule has 0 radical (unpaired) electrons. The van der Waals surface area contributed by atoms with Crippen molar-refractivity contribution >= 4 is 33.4 Å². The number of benzene rings is 1. The van der Waals surface area contributed by atoms with E-state index in [1.807, 2.05) is 0 Å². The van der Waals surface area contributed by atoms with Gasteiger partial charge >= 0.3 is 16.1 Å². The highest BCUT2D eigenvalue weighted by Gasteiger charge is 2.22. The molecule has 0 saturated carbocycles. The fourth-order valence-corrected chi connectivity index (χ4v) is 2.93. The summed E-state index contributed by atoms with van der Waals surface area (Å²) in [6.07, 6.45) is 7.21. The lowest BCUT2D eigenvalue weighted by Crippen LogP contribution is -2.44. The maximum absolute atomic E-state index is 11.7. The van der Waals surface area contributed by atoms with Crippen LogP contribution in [0.5, 0.6) is 5.75 Å². The van der Waals surface area contributed by atoms with Crippen LogP contribution in [-0.4, -0.2) is 45.0 Å². The first kappa shape index (κ1) is 19.4. The minimum atomic E-state index is -3.58. The third kappa shape index (κ3) is 5.07. The number of nitrogens with zero attached hydrogens (tertiary/aromatic N) is 2. The van der Waals surface area contributed by atoms with E-state index in [0.29, 0.717) is 23.8 Å². The van der Waals surface area contributed by atoms with E-state index < -0.39 is 16.3 Å². The number of aliphatic imine (C=N–C) groups is 2. The Labute approximate surface area is 162 Å². The second kappa shape index (κ2) is 8.09. The number of carbonyl (C=O) groups excluding carboxylic acids is 1. The van der Waals surface area contributed by atoms with Gasteiger partial charge in [-0.3, -0.25) is 10.3 Å². The molecular weight excluding hydrogens is 382 g/mol. The topological polar surface area (TPSA) is 121 Å². The summed E-state index contributed by atoms with van der Waals surface area (Å²) in [4.78, 5) is 20.6. The molecule has 0 saturated heterocycles. The van der Waals surface area contributed by atoms with Crippen molar-refractivity contribution in [1.29, 1.82) is 0 Å². The van der Waals surface area contributed by atoms with Crippen molar-refractivity contribution in [3.63, 3.8) is 0 Å². The number of carbonyl (C=O) groups is 1. The SMILES string of the molecule is C=CCNC(=O)NC1=NC2NC(c3ccc(OS(C)(=O)=O)cc3)=CN=C2C=C1. The minimum absolute atomic E-state index is 0.225. The second-order valence-electron chi connectivity index (χ2n) is 5.93.